The third-order valence-corrected chi connectivity index (χ3v) is 6.63. The zero-order valence-corrected chi connectivity index (χ0v) is 20.3. The predicted molar refractivity (Wildman–Crippen MR) is 133 cm³/mol. The summed E-state index contributed by atoms with van der Waals surface area (Å²) in [5, 5.41) is 11.5. The number of aliphatic hydroxyl groups is 1. The highest BCUT2D eigenvalue weighted by molar-refractivity contribution is 6.46. The van der Waals surface area contributed by atoms with Gasteiger partial charge in [0, 0.05) is 12.7 Å². The van der Waals surface area contributed by atoms with Crippen LogP contribution in [0.2, 0.25) is 0 Å². The number of aliphatic hydroxyl groups excluding tert-OH is 1. The number of nitrogens with zero attached hydrogens (tertiary/aromatic N) is 4. The van der Waals surface area contributed by atoms with Crippen LogP contribution in [0.3, 0.4) is 0 Å². The molecule has 7 nitrogen and oxygen atoms in total. The molecular formula is C27H32N4O3. The van der Waals surface area contributed by atoms with Crippen LogP contribution in [0, 0.1) is 13.8 Å². The summed E-state index contributed by atoms with van der Waals surface area (Å²) in [7, 11) is 0. The Hall–Kier alpha value is -3.45. The van der Waals surface area contributed by atoms with Gasteiger partial charge in [-0.2, -0.15) is 0 Å². The second-order valence-electron chi connectivity index (χ2n) is 8.76. The van der Waals surface area contributed by atoms with Gasteiger partial charge in [-0.05, 0) is 57.6 Å². The summed E-state index contributed by atoms with van der Waals surface area (Å²) in [6.07, 6.45) is 2.54. The molecule has 0 saturated carbocycles. The van der Waals surface area contributed by atoms with Gasteiger partial charge in [0.2, 0.25) is 0 Å². The van der Waals surface area contributed by atoms with Crippen molar-refractivity contribution in [2.45, 2.75) is 40.2 Å². The van der Waals surface area contributed by atoms with Gasteiger partial charge in [0.05, 0.1) is 17.3 Å². The maximum atomic E-state index is 13.3. The van der Waals surface area contributed by atoms with Crippen LogP contribution in [0.5, 0.6) is 0 Å². The molecule has 0 radical (unpaired) electrons. The van der Waals surface area contributed by atoms with Crippen LogP contribution >= 0.6 is 0 Å². The number of hydrogen-bond acceptors (Lipinski definition) is 5. The SMILES string of the molecule is CCN(CC)CCCN1C(=O)C(=O)C(=C(O)c2c(C)nc3ccccn23)[C@@H]1c1ccc(C)cc1. The number of Topliss-reactive ketones (excluding diaryl/α,β-unsaturated/α-hetero) is 1. The number of carbonyl (C=O) groups excluding carboxylic acids is 2. The van der Waals surface area contributed by atoms with E-state index in [0.717, 1.165) is 37.2 Å². The van der Waals surface area contributed by atoms with Crippen molar-refractivity contribution >= 4 is 23.1 Å². The van der Waals surface area contributed by atoms with Gasteiger partial charge in [0.1, 0.15) is 11.3 Å². The third kappa shape index (κ3) is 4.23. The number of fused-ring (bicyclic) bond motifs is 1. The Morgan fingerprint density at radius 3 is 2.44 bits per heavy atom. The molecule has 1 amide bonds. The number of carbonyl (C=O) groups is 2. The van der Waals surface area contributed by atoms with Gasteiger partial charge in [-0.25, -0.2) is 4.98 Å². The molecule has 0 bridgehead atoms. The van der Waals surface area contributed by atoms with Crippen molar-refractivity contribution in [3.05, 3.63) is 76.7 Å². The predicted octanol–water partition coefficient (Wildman–Crippen LogP) is 4.10. The maximum Gasteiger partial charge on any atom is 0.295 e. The van der Waals surface area contributed by atoms with Gasteiger partial charge in [-0.3, -0.25) is 14.0 Å². The Morgan fingerprint density at radius 2 is 1.76 bits per heavy atom. The van der Waals surface area contributed by atoms with Crippen LogP contribution in [-0.2, 0) is 9.59 Å². The number of pyridine rings is 1. The third-order valence-electron chi connectivity index (χ3n) is 6.63. The second-order valence-corrected chi connectivity index (χ2v) is 8.76. The zero-order valence-electron chi connectivity index (χ0n) is 20.3. The normalized spacial score (nSPS) is 17.9. The molecule has 2 aromatic heterocycles. The molecule has 1 aliphatic heterocycles. The number of aromatic nitrogens is 2. The van der Waals surface area contributed by atoms with E-state index in [1.165, 1.54) is 0 Å². The van der Waals surface area contributed by atoms with Crippen LogP contribution in [0.4, 0.5) is 0 Å². The molecule has 3 aromatic rings. The minimum atomic E-state index is -0.656. The molecule has 1 atom stereocenters. The van der Waals surface area contributed by atoms with Crippen molar-refractivity contribution < 1.29 is 14.7 Å². The molecule has 0 aliphatic carbocycles. The maximum absolute atomic E-state index is 13.3. The number of rotatable bonds is 8. The van der Waals surface area contributed by atoms with E-state index in [1.807, 2.05) is 49.4 Å². The molecule has 1 aliphatic rings. The molecule has 3 heterocycles. The van der Waals surface area contributed by atoms with Gasteiger partial charge in [-0.1, -0.05) is 49.7 Å². The van der Waals surface area contributed by atoms with Gasteiger partial charge in [0.15, 0.2) is 5.76 Å². The van der Waals surface area contributed by atoms with E-state index in [4.69, 9.17) is 0 Å². The van der Waals surface area contributed by atoms with E-state index in [0.29, 0.717) is 23.6 Å². The number of amides is 1. The summed E-state index contributed by atoms with van der Waals surface area (Å²) in [4.78, 5) is 34.9. The molecule has 1 N–H and O–H groups in total. The molecule has 178 valence electrons. The summed E-state index contributed by atoms with van der Waals surface area (Å²) in [5.74, 6) is -1.42. The Morgan fingerprint density at radius 1 is 1.06 bits per heavy atom. The summed E-state index contributed by atoms with van der Waals surface area (Å²) >= 11 is 0. The quantitative estimate of drug-likeness (QED) is 0.311. The van der Waals surface area contributed by atoms with Crippen LogP contribution in [0.25, 0.3) is 11.4 Å². The molecule has 1 fully saturated rings. The fourth-order valence-corrected chi connectivity index (χ4v) is 4.74. The Bertz CT molecular complexity index is 1240. The topological polar surface area (TPSA) is 78.2 Å². The van der Waals surface area contributed by atoms with Crippen LogP contribution in [0.1, 0.15) is 48.8 Å². The largest absolute Gasteiger partial charge is 0.505 e. The minimum absolute atomic E-state index is 0.116. The van der Waals surface area contributed by atoms with Crippen molar-refractivity contribution in [2.24, 2.45) is 0 Å². The number of ketones is 1. The van der Waals surface area contributed by atoms with Gasteiger partial charge < -0.3 is 14.9 Å². The van der Waals surface area contributed by atoms with Gasteiger partial charge in [0.25, 0.3) is 11.7 Å². The summed E-state index contributed by atoms with van der Waals surface area (Å²) < 4.78 is 1.75. The lowest BCUT2D eigenvalue weighted by Crippen LogP contribution is -2.33. The Balaban J connectivity index is 1.81. The average Bonchev–Trinajstić information content (AvgIpc) is 3.30. The highest BCUT2D eigenvalue weighted by Gasteiger charge is 2.46. The van der Waals surface area contributed by atoms with E-state index in [-0.39, 0.29) is 11.3 Å². The number of hydrogen-bond donors (Lipinski definition) is 1. The Kier molecular flexibility index (Phi) is 6.84. The second kappa shape index (κ2) is 9.81. The lowest BCUT2D eigenvalue weighted by molar-refractivity contribution is -0.140. The molecule has 7 heteroatoms. The smallest absolute Gasteiger partial charge is 0.295 e. The van der Waals surface area contributed by atoms with Crippen molar-refractivity contribution in [3.8, 4) is 0 Å². The van der Waals surface area contributed by atoms with E-state index in [9.17, 15) is 14.7 Å². The van der Waals surface area contributed by atoms with E-state index < -0.39 is 17.7 Å². The minimum Gasteiger partial charge on any atom is -0.505 e. The lowest BCUT2D eigenvalue weighted by Gasteiger charge is -2.27. The molecule has 1 aromatic carbocycles. The van der Waals surface area contributed by atoms with Crippen molar-refractivity contribution in [2.75, 3.05) is 26.2 Å². The summed E-state index contributed by atoms with van der Waals surface area (Å²) in [5.41, 5.74) is 3.71. The van der Waals surface area contributed by atoms with E-state index >= 15 is 0 Å². The summed E-state index contributed by atoms with van der Waals surface area (Å²) in [6.45, 7) is 11.1. The molecular weight excluding hydrogens is 428 g/mol. The fourth-order valence-electron chi connectivity index (χ4n) is 4.74. The van der Waals surface area contributed by atoms with E-state index in [1.54, 1.807) is 22.4 Å². The first-order valence-corrected chi connectivity index (χ1v) is 11.9. The van der Waals surface area contributed by atoms with E-state index in [2.05, 4.69) is 23.7 Å². The van der Waals surface area contributed by atoms with Crippen molar-refractivity contribution in [3.63, 3.8) is 0 Å². The lowest BCUT2D eigenvalue weighted by atomic mass is 9.95. The van der Waals surface area contributed by atoms with Gasteiger partial charge >= 0.3 is 0 Å². The molecule has 0 unspecified atom stereocenters. The zero-order chi connectivity index (χ0) is 24.4. The van der Waals surface area contributed by atoms with Gasteiger partial charge in [-0.15, -0.1) is 0 Å². The standard InChI is InChI=1S/C27H32N4O3/c1-5-29(6-2)15-9-17-31-24(20-13-11-18(3)12-14-20)22(26(33)27(31)34)25(32)23-19(4)28-21-10-7-8-16-30(21)23/h7-8,10-14,16,24,32H,5-6,9,15,17H2,1-4H3/t24-/m0/s1. The average molecular weight is 461 g/mol. The first kappa shape index (κ1) is 23.7. The first-order valence-electron chi connectivity index (χ1n) is 11.9. The van der Waals surface area contributed by atoms with Crippen LogP contribution in [-0.4, -0.2) is 62.2 Å². The first-order chi connectivity index (χ1) is 16.4. The van der Waals surface area contributed by atoms with Crippen molar-refractivity contribution in [1.82, 2.24) is 19.2 Å². The number of aryl methyl sites for hydroxylation is 2. The number of benzene rings is 1. The summed E-state index contributed by atoms with van der Waals surface area (Å²) in [6, 6.07) is 12.7. The Labute approximate surface area is 200 Å². The monoisotopic (exact) mass is 460 g/mol. The van der Waals surface area contributed by atoms with Crippen LogP contribution in [0.15, 0.2) is 54.2 Å². The molecule has 4 rings (SSSR count). The van der Waals surface area contributed by atoms with Crippen molar-refractivity contribution in [1.29, 1.82) is 0 Å². The fraction of sp³-hybridized carbons (Fsp3) is 0.370. The number of imidazole rings is 1. The molecule has 34 heavy (non-hydrogen) atoms. The number of likely N-dealkylation sites (tertiary alicyclic amines) is 1. The highest BCUT2D eigenvalue weighted by Crippen LogP contribution is 2.40. The van der Waals surface area contributed by atoms with Crippen LogP contribution < -0.4 is 0 Å². The molecule has 1 saturated heterocycles. The highest BCUT2D eigenvalue weighted by atomic mass is 16.3. The molecule has 0 spiro atoms.